The maximum absolute atomic E-state index is 13.0. The highest BCUT2D eigenvalue weighted by atomic mass is 35.5. The zero-order valence-corrected chi connectivity index (χ0v) is 14.3. The van der Waals surface area contributed by atoms with Crippen LogP contribution in [0.15, 0.2) is 53.4 Å². The molecule has 3 rings (SSSR count). The average molecular weight is 366 g/mol. The number of hydrogen-bond donors (Lipinski definition) is 1. The van der Waals surface area contributed by atoms with Crippen molar-refractivity contribution >= 4 is 27.6 Å². The van der Waals surface area contributed by atoms with Crippen molar-refractivity contribution in [1.29, 1.82) is 0 Å². The van der Waals surface area contributed by atoms with Gasteiger partial charge in [0.15, 0.2) is 0 Å². The van der Waals surface area contributed by atoms with Gasteiger partial charge >= 0.3 is 5.97 Å². The molecule has 1 aliphatic rings. The molecule has 1 heterocycles. The zero-order valence-electron chi connectivity index (χ0n) is 12.7. The Balaban J connectivity index is 2.09. The van der Waals surface area contributed by atoms with Crippen LogP contribution in [0.2, 0.25) is 5.02 Å². The number of carboxylic acids is 1. The van der Waals surface area contributed by atoms with E-state index in [9.17, 15) is 18.3 Å². The van der Waals surface area contributed by atoms with E-state index in [2.05, 4.69) is 0 Å². The van der Waals surface area contributed by atoms with E-state index in [1.54, 1.807) is 30.3 Å². The van der Waals surface area contributed by atoms with Crippen molar-refractivity contribution in [2.24, 2.45) is 0 Å². The van der Waals surface area contributed by atoms with Crippen molar-refractivity contribution in [2.45, 2.75) is 23.8 Å². The predicted molar refractivity (Wildman–Crippen MR) is 90.5 cm³/mol. The van der Waals surface area contributed by atoms with Gasteiger partial charge in [-0.2, -0.15) is 4.31 Å². The summed E-state index contributed by atoms with van der Waals surface area (Å²) in [6.07, 6.45) is 0.216. The van der Waals surface area contributed by atoms with Crippen LogP contribution in [0.25, 0.3) is 0 Å². The fourth-order valence-corrected chi connectivity index (χ4v) is 4.85. The molecule has 1 atom stereocenters. The first kappa shape index (κ1) is 17.0. The molecule has 7 heteroatoms. The lowest BCUT2D eigenvalue weighted by molar-refractivity contribution is -0.138. The quantitative estimate of drug-likeness (QED) is 0.903. The van der Waals surface area contributed by atoms with E-state index in [0.717, 1.165) is 5.56 Å². The third kappa shape index (κ3) is 3.17. The third-order valence-electron chi connectivity index (χ3n) is 4.13. The summed E-state index contributed by atoms with van der Waals surface area (Å²) in [6.45, 7) is 0.240. The Labute approximate surface area is 145 Å². The van der Waals surface area contributed by atoms with Gasteiger partial charge in [0.05, 0.1) is 17.4 Å². The molecular formula is C17H16ClNO4S. The number of nitrogens with zero attached hydrogens (tertiary/aromatic N) is 1. The average Bonchev–Trinajstić information content (AvgIpc) is 2.55. The van der Waals surface area contributed by atoms with Crippen LogP contribution in [0, 0.1) is 0 Å². The zero-order chi connectivity index (χ0) is 17.3. The van der Waals surface area contributed by atoms with Crippen LogP contribution in [0.1, 0.15) is 23.6 Å². The van der Waals surface area contributed by atoms with Crippen molar-refractivity contribution in [1.82, 2.24) is 4.31 Å². The van der Waals surface area contributed by atoms with Gasteiger partial charge in [-0.15, -0.1) is 0 Å². The summed E-state index contributed by atoms with van der Waals surface area (Å²) in [5.41, 5.74) is 1.60. The molecule has 0 saturated carbocycles. The van der Waals surface area contributed by atoms with Gasteiger partial charge in [-0.1, -0.05) is 35.9 Å². The largest absolute Gasteiger partial charge is 0.481 e. The molecule has 0 saturated heterocycles. The summed E-state index contributed by atoms with van der Waals surface area (Å²) in [5, 5.41) is 9.72. The number of carboxylic acid groups (broad SMARTS) is 1. The molecule has 0 radical (unpaired) electrons. The third-order valence-corrected chi connectivity index (χ3v) is 6.29. The Morgan fingerprint density at radius 1 is 1.21 bits per heavy atom. The lowest BCUT2D eigenvalue weighted by atomic mass is 9.92. The summed E-state index contributed by atoms with van der Waals surface area (Å²) in [7, 11) is -3.79. The predicted octanol–water partition coefficient (Wildman–Crippen LogP) is 3.10. The molecule has 0 amide bonds. The molecule has 1 N–H and O–H groups in total. The first-order valence-corrected chi connectivity index (χ1v) is 9.28. The molecule has 1 aliphatic heterocycles. The summed E-state index contributed by atoms with van der Waals surface area (Å²) >= 11 is 6.04. The highest BCUT2D eigenvalue weighted by molar-refractivity contribution is 7.89. The van der Waals surface area contributed by atoms with E-state index in [-0.39, 0.29) is 17.9 Å². The molecule has 0 aliphatic carbocycles. The lowest BCUT2D eigenvalue weighted by Gasteiger charge is -2.35. The SMILES string of the molecule is O=C(O)CC1c2cc(Cl)ccc2CCN1S(=O)(=O)c1ccccc1. The lowest BCUT2D eigenvalue weighted by Crippen LogP contribution is -2.40. The summed E-state index contributed by atoms with van der Waals surface area (Å²) in [4.78, 5) is 11.5. The molecule has 126 valence electrons. The molecule has 2 aromatic carbocycles. The number of sulfonamides is 1. The van der Waals surface area contributed by atoms with Crippen LogP contribution in [0.4, 0.5) is 0 Å². The van der Waals surface area contributed by atoms with Crippen molar-refractivity contribution < 1.29 is 18.3 Å². The van der Waals surface area contributed by atoms with Gasteiger partial charge in [0.1, 0.15) is 0 Å². The van der Waals surface area contributed by atoms with E-state index in [1.807, 2.05) is 6.07 Å². The number of fused-ring (bicyclic) bond motifs is 1. The smallest absolute Gasteiger partial charge is 0.305 e. The van der Waals surface area contributed by atoms with Crippen LogP contribution in [0.3, 0.4) is 0 Å². The van der Waals surface area contributed by atoms with Gasteiger partial charge in [-0.3, -0.25) is 4.79 Å². The van der Waals surface area contributed by atoms with E-state index in [4.69, 9.17) is 11.6 Å². The van der Waals surface area contributed by atoms with Gasteiger partial charge in [0.25, 0.3) is 0 Å². The second-order valence-electron chi connectivity index (χ2n) is 5.64. The van der Waals surface area contributed by atoms with Crippen LogP contribution in [-0.4, -0.2) is 30.3 Å². The first-order valence-electron chi connectivity index (χ1n) is 7.46. The minimum absolute atomic E-state index is 0.158. The Kier molecular flexibility index (Phi) is 4.62. The monoisotopic (exact) mass is 365 g/mol. The molecule has 0 aromatic heterocycles. The second kappa shape index (κ2) is 6.55. The van der Waals surface area contributed by atoms with Gasteiger partial charge < -0.3 is 5.11 Å². The van der Waals surface area contributed by atoms with Crippen molar-refractivity contribution in [3.05, 3.63) is 64.7 Å². The number of carbonyl (C=O) groups is 1. The van der Waals surface area contributed by atoms with Gasteiger partial charge in [-0.25, -0.2) is 8.42 Å². The summed E-state index contributed by atoms with van der Waals surface area (Å²) < 4.78 is 27.2. The number of halogens is 1. The van der Waals surface area contributed by atoms with Gasteiger partial charge in [-0.05, 0) is 41.8 Å². The van der Waals surface area contributed by atoms with Crippen LogP contribution in [0.5, 0.6) is 0 Å². The Morgan fingerprint density at radius 3 is 2.58 bits per heavy atom. The Morgan fingerprint density at radius 2 is 1.92 bits per heavy atom. The fraction of sp³-hybridized carbons (Fsp3) is 0.235. The van der Waals surface area contributed by atoms with Crippen molar-refractivity contribution in [2.75, 3.05) is 6.54 Å². The highest BCUT2D eigenvalue weighted by Crippen LogP contribution is 2.37. The summed E-state index contributed by atoms with van der Waals surface area (Å²) in [6, 6.07) is 12.5. The Hall–Kier alpha value is -1.89. The molecular weight excluding hydrogens is 350 g/mol. The number of benzene rings is 2. The van der Waals surface area contributed by atoms with Crippen LogP contribution < -0.4 is 0 Å². The molecule has 24 heavy (non-hydrogen) atoms. The first-order chi connectivity index (χ1) is 11.4. The minimum atomic E-state index is -3.79. The maximum atomic E-state index is 13.0. The van der Waals surface area contributed by atoms with E-state index in [0.29, 0.717) is 17.0 Å². The molecule has 0 fully saturated rings. The van der Waals surface area contributed by atoms with E-state index in [1.165, 1.54) is 16.4 Å². The number of rotatable bonds is 4. The van der Waals surface area contributed by atoms with Crippen molar-refractivity contribution in [3.63, 3.8) is 0 Å². The van der Waals surface area contributed by atoms with E-state index >= 15 is 0 Å². The van der Waals surface area contributed by atoms with Crippen LogP contribution in [-0.2, 0) is 21.2 Å². The molecule has 0 bridgehead atoms. The second-order valence-corrected chi connectivity index (χ2v) is 7.96. The standard InChI is InChI=1S/C17H16ClNO4S/c18-13-7-6-12-8-9-19(16(11-17(20)21)15(12)10-13)24(22,23)14-4-2-1-3-5-14/h1-7,10,16H,8-9,11H2,(H,20,21). The van der Waals surface area contributed by atoms with Gasteiger partial charge in [0.2, 0.25) is 10.0 Å². The van der Waals surface area contributed by atoms with E-state index < -0.39 is 22.0 Å². The highest BCUT2D eigenvalue weighted by Gasteiger charge is 2.37. The number of aliphatic carboxylic acids is 1. The summed E-state index contributed by atoms with van der Waals surface area (Å²) in [5.74, 6) is -1.05. The molecule has 5 nitrogen and oxygen atoms in total. The minimum Gasteiger partial charge on any atom is -0.481 e. The van der Waals surface area contributed by atoms with Crippen LogP contribution >= 0.6 is 11.6 Å². The number of hydrogen-bond acceptors (Lipinski definition) is 3. The Bertz CT molecular complexity index is 867. The van der Waals surface area contributed by atoms with Gasteiger partial charge in [0, 0.05) is 11.6 Å². The molecule has 1 unspecified atom stereocenters. The fourth-order valence-electron chi connectivity index (χ4n) is 3.04. The molecule has 0 spiro atoms. The maximum Gasteiger partial charge on any atom is 0.305 e. The topological polar surface area (TPSA) is 74.7 Å². The molecule has 2 aromatic rings. The van der Waals surface area contributed by atoms with Crippen molar-refractivity contribution in [3.8, 4) is 0 Å². The normalized spacial score (nSPS) is 18.1.